The summed E-state index contributed by atoms with van der Waals surface area (Å²) in [5, 5.41) is 3.05. The Balaban J connectivity index is 1.36. The molecule has 8 nitrogen and oxygen atoms in total. The average molecular weight is 484 g/mol. The highest BCUT2D eigenvalue weighted by atomic mass is 32.2. The fraction of sp³-hybridized carbons (Fsp3) is 0.440. The number of sulfonamides is 1. The highest BCUT2D eigenvalue weighted by Gasteiger charge is 2.27. The van der Waals surface area contributed by atoms with Crippen LogP contribution < -0.4 is 11.1 Å². The van der Waals surface area contributed by atoms with E-state index < -0.39 is 15.8 Å². The van der Waals surface area contributed by atoms with Crippen LogP contribution in [0.15, 0.2) is 56.6 Å². The molecule has 0 saturated carbocycles. The second-order valence-electron chi connectivity index (χ2n) is 9.11. The number of rotatable bonds is 5. The molecule has 1 atom stereocenters. The molecule has 0 spiro atoms. The van der Waals surface area contributed by atoms with Crippen molar-refractivity contribution in [3.8, 4) is 0 Å². The Kier molecular flexibility index (Phi) is 6.31. The minimum Gasteiger partial charge on any atom is -0.408 e. The normalized spacial score (nSPS) is 19.5. The number of fused-ring (bicyclic) bond motifs is 2. The molecule has 1 amide bonds. The first-order chi connectivity index (χ1) is 16.4. The summed E-state index contributed by atoms with van der Waals surface area (Å²) in [5.41, 5.74) is 2.92. The molecule has 2 aromatic carbocycles. The molecule has 1 aliphatic heterocycles. The van der Waals surface area contributed by atoms with Crippen molar-refractivity contribution in [2.75, 3.05) is 13.1 Å². The molecule has 5 rings (SSSR count). The number of oxazole rings is 1. The Morgan fingerprint density at radius 1 is 1.03 bits per heavy atom. The molecular formula is C25H29N3O5S. The van der Waals surface area contributed by atoms with Crippen molar-refractivity contribution in [3.05, 3.63) is 64.1 Å². The van der Waals surface area contributed by atoms with E-state index in [1.54, 1.807) is 6.07 Å². The lowest BCUT2D eigenvalue weighted by Crippen LogP contribution is -2.35. The number of benzene rings is 2. The maximum Gasteiger partial charge on any atom is 0.420 e. The summed E-state index contributed by atoms with van der Waals surface area (Å²) in [7, 11) is -3.67. The summed E-state index contributed by atoms with van der Waals surface area (Å²) in [4.78, 5) is 25.5. The zero-order chi connectivity index (χ0) is 23.7. The van der Waals surface area contributed by atoms with Crippen LogP contribution in [-0.2, 0) is 27.8 Å². The fourth-order valence-corrected chi connectivity index (χ4v) is 6.61. The minimum atomic E-state index is -3.67. The molecule has 1 saturated heterocycles. The van der Waals surface area contributed by atoms with Gasteiger partial charge >= 0.3 is 5.76 Å². The van der Waals surface area contributed by atoms with Crippen molar-refractivity contribution in [2.45, 2.75) is 62.4 Å². The van der Waals surface area contributed by atoms with Gasteiger partial charge in [0.05, 0.1) is 16.5 Å². The Morgan fingerprint density at radius 3 is 2.59 bits per heavy atom. The molecule has 1 N–H and O–H groups in total. The molecule has 2 aliphatic rings. The smallest absolute Gasteiger partial charge is 0.408 e. The van der Waals surface area contributed by atoms with Crippen LogP contribution in [0.1, 0.15) is 55.7 Å². The monoisotopic (exact) mass is 483 g/mol. The number of amides is 1. The number of aryl methyl sites for hydroxylation is 1. The van der Waals surface area contributed by atoms with Crippen LogP contribution in [0, 0.1) is 0 Å². The Hall–Kier alpha value is -2.91. The van der Waals surface area contributed by atoms with Crippen LogP contribution in [0.25, 0.3) is 11.1 Å². The molecule has 34 heavy (non-hydrogen) atoms. The van der Waals surface area contributed by atoms with E-state index in [1.807, 2.05) is 18.2 Å². The lowest BCUT2D eigenvalue weighted by Gasteiger charge is -2.26. The fourth-order valence-electron chi connectivity index (χ4n) is 5.08. The van der Waals surface area contributed by atoms with Crippen molar-refractivity contribution in [1.82, 2.24) is 14.2 Å². The van der Waals surface area contributed by atoms with Gasteiger partial charge in [0, 0.05) is 19.2 Å². The molecule has 2 heterocycles. The van der Waals surface area contributed by atoms with E-state index >= 15 is 0 Å². The van der Waals surface area contributed by atoms with Crippen molar-refractivity contribution >= 4 is 27.0 Å². The lowest BCUT2D eigenvalue weighted by molar-refractivity contribution is -0.122. The highest BCUT2D eigenvalue weighted by Crippen LogP contribution is 2.29. The van der Waals surface area contributed by atoms with Crippen LogP contribution in [0.4, 0.5) is 0 Å². The van der Waals surface area contributed by atoms with E-state index in [9.17, 15) is 18.0 Å². The maximum atomic E-state index is 13.1. The van der Waals surface area contributed by atoms with Gasteiger partial charge in [0.2, 0.25) is 15.9 Å². The molecule has 0 bridgehead atoms. The molecule has 1 aromatic heterocycles. The second-order valence-corrected chi connectivity index (χ2v) is 11.1. The van der Waals surface area contributed by atoms with Gasteiger partial charge in [-0.1, -0.05) is 37.1 Å². The van der Waals surface area contributed by atoms with E-state index in [2.05, 4.69) is 11.4 Å². The first-order valence-corrected chi connectivity index (χ1v) is 13.4. The lowest BCUT2D eigenvalue weighted by atomic mass is 9.88. The minimum absolute atomic E-state index is 0.0864. The predicted molar refractivity (Wildman–Crippen MR) is 128 cm³/mol. The number of carbonyl (C=O) groups excluding carboxylic acids is 1. The zero-order valence-electron chi connectivity index (χ0n) is 19.0. The largest absolute Gasteiger partial charge is 0.420 e. The van der Waals surface area contributed by atoms with E-state index in [0.29, 0.717) is 18.6 Å². The average Bonchev–Trinajstić information content (AvgIpc) is 2.99. The summed E-state index contributed by atoms with van der Waals surface area (Å²) in [6.07, 6.45) is 6.57. The number of aromatic nitrogens is 1. The van der Waals surface area contributed by atoms with Crippen LogP contribution in [0.5, 0.6) is 0 Å². The van der Waals surface area contributed by atoms with Crippen LogP contribution in [-0.4, -0.2) is 36.3 Å². The third-order valence-corrected chi connectivity index (χ3v) is 8.74. The Bertz CT molecular complexity index is 1370. The molecule has 1 aliphatic carbocycles. The van der Waals surface area contributed by atoms with Crippen LogP contribution >= 0.6 is 0 Å². The van der Waals surface area contributed by atoms with E-state index in [1.165, 1.54) is 26.6 Å². The zero-order valence-corrected chi connectivity index (χ0v) is 19.9. The van der Waals surface area contributed by atoms with E-state index in [4.69, 9.17) is 4.42 Å². The predicted octanol–water partition coefficient (Wildman–Crippen LogP) is 3.35. The van der Waals surface area contributed by atoms with E-state index in [-0.39, 0.29) is 29.0 Å². The van der Waals surface area contributed by atoms with Gasteiger partial charge < -0.3 is 9.73 Å². The van der Waals surface area contributed by atoms with Gasteiger partial charge in [-0.25, -0.2) is 13.2 Å². The van der Waals surface area contributed by atoms with Gasteiger partial charge in [0.25, 0.3) is 0 Å². The number of hydrogen-bond donors (Lipinski definition) is 1. The number of nitrogens with zero attached hydrogens (tertiary/aromatic N) is 2. The molecule has 1 fully saturated rings. The maximum absolute atomic E-state index is 13.1. The SMILES string of the molecule is O=C(Cn1c(=O)oc2cc(S(=O)(=O)N3CCCCCC3)ccc21)N[C@@H]1CCCc2ccccc21. The molecule has 180 valence electrons. The van der Waals surface area contributed by atoms with Crippen LogP contribution in [0.2, 0.25) is 0 Å². The number of hydrogen-bond acceptors (Lipinski definition) is 5. The molecule has 0 radical (unpaired) electrons. The van der Waals surface area contributed by atoms with Gasteiger partial charge in [-0.2, -0.15) is 4.31 Å². The Labute approximate surface area is 198 Å². The summed E-state index contributed by atoms with van der Waals surface area (Å²) in [5.74, 6) is -0.966. The van der Waals surface area contributed by atoms with Gasteiger partial charge in [-0.05, 0) is 55.4 Å². The highest BCUT2D eigenvalue weighted by molar-refractivity contribution is 7.89. The standard InChI is InChI=1S/C25H29N3O5S/c29-24(26-21-11-7-9-18-8-3-4-10-20(18)21)17-28-22-13-12-19(16-23(22)33-25(28)30)34(31,32)27-14-5-1-2-6-15-27/h3-4,8,10,12-13,16,21H,1-2,5-7,9,11,14-15,17H2,(H,26,29)/t21-/m1/s1. The van der Waals surface area contributed by atoms with Gasteiger partial charge in [0.15, 0.2) is 5.58 Å². The number of nitrogens with one attached hydrogen (secondary N) is 1. The van der Waals surface area contributed by atoms with Crippen molar-refractivity contribution in [1.29, 1.82) is 0 Å². The Morgan fingerprint density at radius 2 is 1.79 bits per heavy atom. The van der Waals surface area contributed by atoms with Crippen molar-refractivity contribution in [3.63, 3.8) is 0 Å². The summed E-state index contributed by atoms with van der Waals surface area (Å²) >= 11 is 0. The van der Waals surface area contributed by atoms with Gasteiger partial charge in [-0.3, -0.25) is 9.36 Å². The molecular weight excluding hydrogens is 454 g/mol. The quantitative estimate of drug-likeness (QED) is 0.600. The van der Waals surface area contributed by atoms with Gasteiger partial charge in [0.1, 0.15) is 6.54 Å². The third kappa shape index (κ3) is 4.42. The molecule has 0 unspecified atom stereocenters. The van der Waals surface area contributed by atoms with Crippen molar-refractivity contribution in [2.24, 2.45) is 0 Å². The van der Waals surface area contributed by atoms with E-state index in [0.717, 1.165) is 50.5 Å². The number of carbonyl (C=O) groups is 1. The summed E-state index contributed by atoms with van der Waals surface area (Å²) < 4.78 is 34.3. The third-order valence-electron chi connectivity index (χ3n) is 6.85. The molecule has 9 heteroatoms. The molecule has 3 aromatic rings. The van der Waals surface area contributed by atoms with Crippen LogP contribution in [0.3, 0.4) is 0 Å². The summed E-state index contributed by atoms with van der Waals surface area (Å²) in [6, 6.07) is 12.4. The summed E-state index contributed by atoms with van der Waals surface area (Å²) in [6.45, 7) is 0.800. The van der Waals surface area contributed by atoms with Crippen molar-refractivity contribution < 1.29 is 17.6 Å². The second kappa shape index (κ2) is 9.38. The topological polar surface area (TPSA) is 102 Å². The first-order valence-electron chi connectivity index (χ1n) is 11.9. The first kappa shape index (κ1) is 22.9. The van der Waals surface area contributed by atoms with Gasteiger partial charge in [-0.15, -0.1) is 0 Å².